The number of carbonyl (C=O) groups excluding carboxylic acids is 1. The number of nitrogens with one attached hydrogen (secondary N) is 1. The minimum Gasteiger partial charge on any atom is -0.487 e. The second-order valence-corrected chi connectivity index (χ2v) is 8.06. The lowest BCUT2D eigenvalue weighted by Gasteiger charge is -2.07. The van der Waals surface area contributed by atoms with Crippen LogP contribution in [0.3, 0.4) is 0 Å². The summed E-state index contributed by atoms with van der Waals surface area (Å²) in [4.78, 5) is 21.0. The summed E-state index contributed by atoms with van der Waals surface area (Å²) in [7, 11) is 0. The van der Waals surface area contributed by atoms with Gasteiger partial charge in [0.1, 0.15) is 12.4 Å². The number of halogens is 1. The van der Waals surface area contributed by atoms with Crippen LogP contribution < -0.4 is 10.1 Å². The van der Waals surface area contributed by atoms with Crippen molar-refractivity contribution in [2.45, 2.75) is 13.0 Å². The van der Waals surface area contributed by atoms with E-state index in [0.717, 1.165) is 31.7 Å². The molecule has 0 saturated heterocycles. The fourth-order valence-corrected chi connectivity index (χ4v) is 4.08. The van der Waals surface area contributed by atoms with Crippen molar-refractivity contribution in [1.82, 2.24) is 9.97 Å². The predicted octanol–water partition coefficient (Wildman–Crippen LogP) is 5.21. The van der Waals surface area contributed by atoms with Crippen molar-refractivity contribution >= 4 is 48.5 Å². The second kappa shape index (κ2) is 8.50. The van der Waals surface area contributed by atoms with E-state index in [1.807, 2.05) is 60.7 Å². The van der Waals surface area contributed by atoms with E-state index in [9.17, 15) is 4.79 Å². The van der Waals surface area contributed by atoms with Gasteiger partial charge in [0.15, 0.2) is 5.13 Å². The third kappa shape index (κ3) is 4.74. The standard InChI is InChI=1S/C21H16BrN3O2S/c22-15-6-9-18-19(12-15)28-21(24-18)25-20(26)11-14-4-7-17(8-5-14)27-13-16-3-1-2-10-23-16/h1-10,12H,11,13H2,(H,24,25,26). The highest BCUT2D eigenvalue weighted by Crippen LogP contribution is 2.28. The third-order valence-electron chi connectivity index (χ3n) is 4.00. The summed E-state index contributed by atoms with van der Waals surface area (Å²) in [5.41, 5.74) is 2.65. The summed E-state index contributed by atoms with van der Waals surface area (Å²) < 4.78 is 7.74. The summed E-state index contributed by atoms with van der Waals surface area (Å²) in [6.45, 7) is 0.411. The lowest BCUT2D eigenvalue weighted by molar-refractivity contribution is -0.115. The molecule has 0 saturated carbocycles. The van der Waals surface area contributed by atoms with Crippen molar-refractivity contribution in [3.63, 3.8) is 0 Å². The van der Waals surface area contributed by atoms with Crippen LogP contribution in [0.15, 0.2) is 71.3 Å². The molecule has 1 amide bonds. The van der Waals surface area contributed by atoms with Gasteiger partial charge in [-0.15, -0.1) is 0 Å². The monoisotopic (exact) mass is 453 g/mol. The van der Waals surface area contributed by atoms with Gasteiger partial charge < -0.3 is 10.1 Å². The molecule has 2 aromatic heterocycles. The molecule has 140 valence electrons. The number of ether oxygens (including phenoxy) is 1. The van der Waals surface area contributed by atoms with Crippen molar-refractivity contribution < 1.29 is 9.53 Å². The molecule has 7 heteroatoms. The van der Waals surface area contributed by atoms with Crippen molar-refractivity contribution in [3.05, 3.63) is 82.6 Å². The smallest absolute Gasteiger partial charge is 0.230 e. The SMILES string of the molecule is O=C(Cc1ccc(OCc2ccccn2)cc1)Nc1nc2ccc(Br)cc2s1. The van der Waals surface area contributed by atoms with Gasteiger partial charge in [-0.05, 0) is 48.0 Å². The summed E-state index contributed by atoms with van der Waals surface area (Å²) in [5.74, 6) is 0.645. The first-order chi connectivity index (χ1) is 13.7. The Balaban J connectivity index is 1.33. The second-order valence-electron chi connectivity index (χ2n) is 6.11. The van der Waals surface area contributed by atoms with E-state index < -0.39 is 0 Å². The number of carbonyl (C=O) groups is 1. The number of benzene rings is 2. The van der Waals surface area contributed by atoms with Gasteiger partial charge in [-0.25, -0.2) is 4.98 Å². The molecule has 0 aliphatic rings. The maximum atomic E-state index is 12.3. The number of thiazole rings is 1. The van der Waals surface area contributed by atoms with Gasteiger partial charge in [0, 0.05) is 10.7 Å². The largest absolute Gasteiger partial charge is 0.487 e. The van der Waals surface area contributed by atoms with Crippen molar-refractivity contribution in [2.75, 3.05) is 5.32 Å². The van der Waals surface area contributed by atoms with Crippen molar-refractivity contribution in [1.29, 1.82) is 0 Å². The van der Waals surface area contributed by atoms with E-state index in [1.54, 1.807) is 6.20 Å². The van der Waals surface area contributed by atoms with Crippen LogP contribution in [0, 0.1) is 0 Å². The Labute approximate surface area is 174 Å². The molecule has 2 heterocycles. The number of amides is 1. The van der Waals surface area contributed by atoms with Crippen molar-refractivity contribution in [3.8, 4) is 5.75 Å². The molecule has 0 bridgehead atoms. The molecule has 0 spiro atoms. The number of aromatic nitrogens is 2. The average molecular weight is 454 g/mol. The minimum absolute atomic E-state index is 0.0970. The highest BCUT2D eigenvalue weighted by Gasteiger charge is 2.09. The molecule has 0 unspecified atom stereocenters. The van der Waals surface area contributed by atoms with Crippen molar-refractivity contribution in [2.24, 2.45) is 0 Å². The summed E-state index contributed by atoms with van der Waals surface area (Å²) in [6, 6.07) is 19.1. The first kappa shape index (κ1) is 18.6. The highest BCUT2D eigenvalue weighted by atomic mass is 79.9. The number of anilines is 1. The van der Waals surface area contributed by atoms with Gasteiger partial charge in [0.05, 0.1) is 22.3 Å². The molecule has 0 radical (unpaired) electrons. The van der Waals surface area contributed by atoms with Gasteiger partial charge >= 0.3 is 0 Å². The zero-order chi connectivity index (χ0) is 19.3. The molecular weight excluding hydrogens is 438 g/mol. The van der Waals surface area contributed by atoms with E-state index in [-0.39, 0.29) is 12.3 Å². The van der Waals surface area contributed by atoms with Crippen LogP contribution in [0.2, 0.25) is 0 Å². The molecule has 2 aromatic carbocycles. The number of rotatable bonds is 6. The van der Waals surface area contributed by atoms with E-state index >= 15 is 0 Å². The summed E-state index contributed by atoms with van der Waals surface area (Å²) >= 11 is 4.90. The fraction of sp³-hybridized carbons (Fsp3) is 0.0952. The number of pyridine rings is 1. The molecule has 0 fully saturated rings. The fourth-order valence-electron chi connectivity index (χ4n) is 2.65. The molecule has 0 atom stereocenters. The molecule has 0 aliphatic heterocycles. The predicted molar refractivity (Wildman–Crippen MR) is 115 cm³/mol. The Morgan fingerprint density at radius 3 is 2.75 bits per heavy atom. The Bertz CT molecular complexity index is 1100. The van der Waals surface area contributed by atoms with Crippen LogP contribution in [-0.4, -0.2) is 15.9 Å². The summed E-state index contributed by atoms with van der Waals surface area (Å²) in [6.07, 6.45) is 2.02. The third-order valence-corrected chi connectivity index (χ3v) is 5.42. The molecule has 28 heavy (non-hydrogen) atoms. The lowest BCUT2D eigenvalue weighted by Crippen LogP contribution is -2.14. The Kier molecular flexibility index (Phi) is 5.64. The van der Waals surface area contributed by atoms with Crippen LogP contribution in [0.25, 0.3) is 10.2 Å². The maximum Gasteiger partial charge on any atom is 0.230 e. The Morgan fingerprint density at radius 1 is 1.11 bits per heavy atom. The molecule has 4 aromatic rings. The quantitative estimate of drug-likeness (QED) is 0.434. The van der Waals surface area contributed by atoms with Crippen LogP contribution in [-0.2, 0) is 17.8 Å². The molecule has 1 N–H and O–H groups in total. The average Bonchev–Trinajstić information content (AvgIpc) is 3.09. The van der Waals surface area contributed by atoms with E-state index in [2.05, 4.69) is 31.2 Å². The molecule has 5 nitrogen and oxygen atoms in total. The topological polar surface area (TPSA) is 64.1 Å². The summed E-state index contributed by atoms with van der Waals surface area (Å²) in [5, 5.41) is 3.48. The number of fused-ring (bicyclic) bond motifs is 1. The van der Waals surface area contributed by atoms with E-state index in [1.165, 1.54) is 11.3 Å². The molecule has 0 aliphatic carbocycles. The zero-order valence-electron chi connectivity index (χ0n) is 14.8. The van der Waals surface area contributed by atoms with Gasteiger partial charge in [0.2, 0.25) is 5.91 Å². The normalized spacial score (nSPS) is 10.8. The number of nitrogens with zero attached hydrogens (tertiary/aromatic N) is 2. The first-order valence-electron chi connectivity index (χ1n) is 8.63. The number of hydrogen-bond acceptors (Lipinski definition) is 5. The van der Waals surface area contributed by atoms with Crippen LogP contribution in [0.5, 0.6) is 5.75 Å². The van der Waals surface area contributed by atoms with Gasteiger partial charge in [-0.3, -0.25) is 9.78 Å². The van der Waals surface area contributed by atoms with Gasteiger partial charge in [0.25, 0.3) is 0 Å². The molecule has 4 rings (SSSR count). The van der Waals surface area contributed by atoms with Gasteiger partial charge in [-0.1, -0.05) is 45.5 Å². The maximum absolute atomic E-state index is 12.3. The highest BCUT2D eigenvalue weighted by molar-refractivity contribution is 9.10. The minimum atomic E-state index is -0.0970. The van der Waals surface area contributed by atoms with Crippen LogP contribution in [0.4, 0.5) is 5.13 Å². The Morgan fingerprint density at radius 2 is 1.96 bits per heavy atom. The van der Waals surface area contributed by atoms with E-state index in [4.69, 9.17) is 4.74 Å². The Hall–Kier alpha value is -2.77. The van der Waals surface area contributed by atoms with Gasteiger partial charge in [-0.2, -0.15) is 0 Å². The zero-order valence-corrected chi connectivity index (χ0v) is 17.2. The van der Waals surface area contributed by atoms with E-state index in [0.29, 0.717) is 11.7 Å². The first-order valence-corrected chi connectivity index (χ1v) is 10.2. The molecular formula is C21H16BrN3O2S. The lowest BCUT2D eigenvalue weighted by atomic mass is 10.1. The van der Waals surface area contributed by atoms with Crippen LogP contribution in [0.1, 0.15) is 11.3 Å². The van der Waals surface area contributed by atoms with Crippen LogP contribution >= 0.6 is 27.3 Å². The number of hydrogen-bond donors (Lipinski definition) is 1.